The van der Waals surface area contributed by atoms with Gasteiger partial charge in [-0.05, 0) is 24.4 Å². The van der Waals surface area contributed by atoms with Gasteiger partial charge in [0.2, 0.25) is 5.28 Å². The van der Waals surface area contributed by atoms with Crippen LogP contribution in [0.25, 0.3) is 11.0 Å². The van der Waals surface area contributed by atoms with E-state index in [1.54, 1.807) is 6.20 Å². The fourth-order valence-electron chi connectivity index (χ4n) is 1.99. The molecule has 1 aliphatic rings. The van der Waals surface area contributed by atoms with Gasteiger partial charge in [0.25, 0.3) is 0 Å². The van der Waals surface area contributed by atoms with Crippen LogP contribution in [0.3, 0.4) is 0 Å². The maximum atomic E-state index is 5.79. The lowest BCUT2D eigenvalue weighted by Gasteiger charge is -2.15. The lowest BCUT2D eigenvalue weighted by Crippen LogP contribution is -2.18. The van der Waals surface area contributed by atoms with E-state index in [0.717, 1.165) is 29.9 Å². The third-order valence-electron chi connectivity index (χ3n) is 2.75. The summed E-state index contributed by atoms with van der Waals surface area (Å²) in [4.78, 5) is 13.8. The Morgan fingerprint density at radius 2 is 2.13 bits per heavy atom. The molecule has 0 aromatic carbocycles. The summed E-state index contributed by atoms with van der Waals surface area (Å²) in [6, 6.07) is 1.99. The van der Waals surface area contributed by atoms with Gasteiger partial charge in [-0.15, -0.1) is 0 Å². The summed E-state index contributed by atoms with van der Waals surface area (Å²) < 4.78 is 0. The van der Waals surface area contributed by atoms with Gasteiger partial charge in [-0.3, -0.25) is 0 Å². The second-order valence-electron chi connectivity index (χ2n) is 3.78. The zero-order chi connectivity index (χ0) is 10.3. The molecule has 1 saturated heterocycles. The Labute approximate surface area is 92.3 Å². The third-order valence-corrected chi connectivity index (χ3v) is 2.93. The average molecular weight is 223 g/mol. The van der Waals surface area contributed by atoms with Crippen molar-refractivity contribution in [2.24, 2.45) is 0 Å². The van der Waals surface area contributed by atoms with Gasteiger partial charge in [0, 0.05) is 19.2 Å². The maximum Gasteiger partial charge on any atom is 0.201 e. The van der Waals surface area contributed by atoms with Crippen molar-refractivity contribution in [3.05, 3.63) is 17.5 Å². The fraction of sp³-hybridized carbons (Fsp3) is 0.400. The van der Waals surface area contributed by atoms with Gasteiger partial charge in [-0.2, -0.15) is 0 Å². The quantitative estimate of drug-likeness (QED) is 0.805. The van der Waals surface area contributed by atoms with E-state index in [0.29, 0.717) is 5.28 Å². The van der Waals surface area contributed by atoms with E-state index in [4.69, 9.17) is 11.6 Å². The number of aromatic nitrogens is 3. The lowest BCUT2D eigenvalue weighted by atomic mass is 10.4. The van der Waals surface area contributed by atoms with Crippen LogP contribution in [-0.2, 0) is 0 Å². The maximum absolute atomic E-state index is 5.79. The van der Waals surface area contributed by atoms with Gasteiger partial charge < -0.3 is 9.88 Å². The molecule has 0 aliphatic carbocycles. The summed E-state index contributed by atoms with van der Waals surface area (Å²) in [6.07, 6.45) is 4.30. The van der Waals surface area contributed by atoms with Crippen LogP contribution in [0, 0.1) is 0 Å². The van der Waals surface area contributed by atoms with Gasteiger partial charge >= 0.3 is 0 Å². The zero-order valence-corrected chi connectivity index (χ0v) is 8.96. The molecule has 5 heteroatoms. The number of hydrogen-bond donors (Lipinski definition) is 1. The minimum absolute atomic E-state index is 0.422. The highest BCUT2D eigenvalue weighted by atomic mass is 35.5. The van der Waals surface area contributed by atoms with Crippen molar-refractivity contribution in [2.45, 2.75) is 12.8 Å². The summed E-state index contributed by atoms with van der Waals surface area (Å²) in [5, 5.41) is 0.422. The molecule has 0 spiro atoms. The minimum atomic E-state index is 0.422. The highest BCUT2D eigenvalue weighted by Gasteiger charge is 2.14. The molecular formula is C10H11ClN4. The second-order valence-corrected chi connectivity index (χ2v) is 4.14. The fourth-order valence-corrected chi connectivity index (χ4v) is 2.18. The highest BCUT2D eigenvalue weighted by Crippen LogP contribution is 2.22. The molecule has 0 amide bonds. The Hall–Kier alpha value is -1.29. The standard InChI is InChI=1S/C10H11ClN4/c11-10-13-7-5-9(12-6-8(7)14-10)15-3-1-2-4-15/h5-6H,1-4H2,(H,13,14). The number of hydrogen-bond acceptors (Lipinski definition) is 3. The largest absolute Gasteiger partial charge is 0.357 e. The molecule has 78 valence electrons. The number of nitrogens with zero attached hydrogens (tertiary/aromatic N) is 3. The molecule has 2 aromatic heterocycles. The molecule has 0 atom stereocenters. The Morgan fingerprint density at radius 1 is 1.33 bits per heavy atom. The molecule has 3 heterocycles. The Bertz CT molecular complexity index is 487. The summed E-state index contributed by atoms with van der Waals surface area (Å²) in [5.74, 6) is 1.00. The Balaban J connectivity index is 2.04. The first kappa shape index (κ1) is 8.97. The molecule has 0 unspecified atom stereocenters. The molecular weight excluding hydrogens is 212 g/mol. The van der Waals surface area contributed by atoms with Gasteiger partial charge in [-0.1, -0.05) is 0 Å². The van der Waals surface area contributed by atoms with Crippen molar-refractivity contribution in [2.75, 3.05) is 18.0 Å². The van der Waals surface area contributed by atoms with Crippen LogP contribution in [0.2, 0.25) is 5.28 Å². The van der Waals surface area contributed by atoms with E-state index in [9.17, 15) is 0 Å². The molecule has 4 nitrogen and oxygen atoms in total. The van der Waals surface area contributed by atoms with Crippen LogP contribution in [0.5, 0.6) is 0 Å². The van der Waals surface area contributed by atoms with Crippen molar-refractivity contribution in [1.29, 1.82) is 0 Å². The molecule has 0 saturated carbocycles. The van der Waals surface area contributed by atoms with E-state index >= 15 is 0 Å². The first-order valence-corrected chi connectivity index (χ1v) is 5.47. The highest BCUT2D eigenvalue weighted by molar-refractivity contribution is 6.29. The smallest absolute Gasteiger partial charge is 0.201 e. The van der Waals surface area contributed by atoms with Crippen molar-refractivity contribution in [3.63, 3.8) is 0 Å². The van der Waals surface area contributed by atoms with Crippen molar-refractivity contribution in [1.82, 2.24) is 15.0 Å². The van der Waals surface area contributed by atoms with Crippen LogP contribution < -0.4 is 4.90 Å². The third kappa shape index (κ3) is 1.55. The van der Waals surface area contributed by atoms with E-state index in [2.05, 4.69) is 19.9 Å². The summed E-state index contributed by atoms with van der Waals surface area (Å²) in [6.45, 7) is 2.19. The SMILES string of the molecule is Clc1nc2cc(N3CCCC3)ncc2[nH]1. The van der Waals surface area contributed by atoms with Crippen LogP contribution in [0.4, 0.5) is 5.82 Å². The molecule has 0 bridgehead atoms. The topological polar surface area (TPSA) is 44.8 Å². The summed E-state index contributed by atoms with van der Waals surface area (Å²) in [7, 11) is 0. The van der Waals surface area contributed by atoms with E-state index in [1.165, 1.54) is 12.8 Å². The number of pyridine rings is 1. The monoisotopic (exact) mass is 222 g/mol. The van der Waals surface area contributed by atoms with E-state index < -0.39 is 0 Å². The number of imidazole rings is 1. The first-order chi connectivity index (χ1) is 7.33. The van der Waals surface area contributed by atoms with Crippen LogP contribution in [-0.4, -0.2) is 28.0 Å². The lowest BCUT2D eigenvalue weighted by molar-refractivity contribution is 0.940. The second kappa shape index (κ2) is 3.38. The van der Waals surface area contributed by atoms with Gasteiger partial charge in [0.05, 0.1) is 17.2 Å². The molecule has 1 fully saturated rings. The van der Waals surface area contributed by atoms with Crippen LogP contribution >= 0.6 is 11.6 Å². The Kier molecular flexibility index (Phi) is 2.02. The van der Waals surface area contributed by atoms with Crippen molar-refractivity contribution >= 4 is 28.5 Å². The number of halogens is 1. The summed E-state index contributed by atoms with van der Waals surface area (Å²) in [5.41, 5.74) is 1.78. The number of fused-ring (bicyclic) bond motifs is 1. The molecule has 15 heavy (non-hydrogen) atoms. The average Bonchev–Trinajstić information content (AvgIpc) is 2.82. The molecule has 1 aliphatic heterocycles. The summed E-state index contributed by atoms with van der Waals surface area (Å²) >= 11 is 5.79. The van der Waals surface area contributed by atoms with E-state index in [-0.39, 0.29) is 0 Å². The van der Waals surface area contributed by atoms with Crippen molar-refractivity contribution < 1.29 is 0 Å². The van der Waals surface area contributed by atoms with Crippen LogP contribution in [0.1, 0.15) is 12.8 Å². The molecule has 3 rings (SSSR count). The number of anilines is 1. The zero-order valence-electron chi connectivity index (χ0n) is 8.20. The molecule has 0 radical (unpaired) electrons. The normalized spacial score (nSPS) is 16.5. The number of aromatic amines is 1. The van der Waals surface area contributed by atoms with Crippen molar-refractivity contribution in [3.8, 4) is 0 Å². The number of rotatable bonds is 1. The Morgan fingerprint density at radius 3 is 2.93 bits per heavy atom. The predicted molar refractivity (Wildman–Crippen MR) is 60.3 cm³/mol. The molecule has 1 N–H and O–H groups in total. The van der Waals surface area contributed by atoms with Crippen LogP contribution in [0.15, 0.2) is 12.3 Å². The van der Waals surface area contributed by atoms with Gasteiger partial charge in [-0.25, -0.2) is 9.97 Å². The molecule has 2 aromatic rings. The number of nitrogens with one attached hydrogen (secondary N) is 1. The van der Waals surface area contributed by atoms with E-state index in [1.807, 2.05) is 6.07 Å². The van der Waals surface area contributed by atoms with Gasteiger partial charge in [0.15, 0.2) is 0 Å². The number of H-pyrrole nitrogens is 1. The van der Waals surface area contributed by atoms with Gasteiger partial charge in [0.1, 0.15) is 5.82 Å². The minimum Gasteiger partial charge on any atom is -0.357 e. The predicted octanol–water partition coefficient (Wildman–Crippen LogP) is 2.21. The first-order valence-electron chi connectivity index (χ1n) is 5.09.